The topological polar surface area (TPSA) is 79.9 Å². The van der Waals surface area contributed by atoms with Crippen molar-refractivity contribution < 1.29 is 9.21 Å². The molecule has 4 atom stereocenters. The second-order valence-corrected chi connectivity index (χ2v) is 9.62. The van der Waals surface area contributed by atoms with Gasteiger partial charge in [0.2, 0.25) is 5.96 Å². The summed E-state index contributed by atoms with van der Waals surface area (Å²) in [5.41, 5.74) is 1.53. The first kappa shape index (κ1) is 18.3. The largest absolute Gasteiger partial charge is 0.424 e. The first-order chi connectivity index (χ1) is 14.6. The predicted molar refractivity (Wildman–Crippen MR) is 117 cm³/mol. The zero-order chi connectivity index (χ0) is 20.3. The lowest BCUT2D eigenvalue weighted by atomic mass is 9.71. The van der Waals surface area contributed by atoms with E-state index in [0.29, 0.717) is 41.9 Å². The molecular weight excluding hydrogens is 376 g/mol. The number of ketones is 1. The van der Waals surface area contributed by atoms with E-state index < -0.39 is 0 Å². The molecule has 1 N–H and O–H groups in total. The van der Waals surface area contributed by atoms with Crippen LogP contribution >= 0.6 is 0 Å². The van der Waals surface area contributed by atoms with Crippen LogP contribution in [0, 0.1) is 23.7 Å². The maximum atomic E-state index is 12.7. The Morgan fingerprint density at radius 1 is 1.17 bits per heavy atom. The highest BCUT2D eigenvalue weighted by Gasteiger charge is 2.50. The number of allylic oxidation sites excluding steroid dienone is 2. The minimum Gasteiger partial charge on any atom is -0.424 e. The van der Waals surface area contributed by atoms with Gasteiger partial charge in [0, 0.05) is 18.1 Å². The molecule has 1 aromatic rings. The Labute approximate surface area is 176 Å². The Balaban J connectivity index is 1.34. The van der Waals surface area contributed by atoms with Gasteiger partial charge in [0.25, 0.3) is 0 Å². The molecule has 0 bridgehead atoms. The van der Waals surface area contributed by atoms with E-state index in [1.807, 2.05) is 0 Å². The van der Waals surface area contributed by atoms with Gasteiger partial charge in [0.1, 0.15) is 11.1 Å². The summed E-state index contributed by atoms with van der Waals surface area (Å²) < 4.78 is 6.06. The summed E-state index contributed by atoms with van der Waals surface area (Å²) >= 11 is 0. The van der Waals surface area contributed by atoms with Gasteiger partial charge in [-0.3, -0.25) is 10.1 Å². The Kier molecular flexibility index (Phi) is 4.12. The van der Waals surface area contributed by atoms with Crippen LogP contribution in [-0.4, -0.2) is 28.0 Å². The smallest absolute Gasteiger partial charge is 0.302 e. The molecule has 5 aliphatic rings. The van der Waals surface area contributed by atoms with Gasteiger partial charge in [0.05, 0.1) is 11.5 Å². The SMILES string of the molecule is CC1CC=CC2C=c3nc(NC4=NC5(CCCC5)C5C(=O)CCCC5=N4)oc3=CC21. The van der Waals surface area contributed by atoms with E-state index in [4.69, 9.17) is 14.4 Å². The van der Waals surface area contributed by atoms with Crippen molar-refractivity contribution in [2.24, 2.45) is 33.7 Å². The number of aliphatic imine (C=N–C) groups is 2. The minimum absolute atomic E-state index is 0.116. The number of fused-ring (bicyclic) bond motifs is 4. The van der Waals surface area contributed by atoms with Crippen molar-refractivity contribution in [1.82, 2.24) is 4.98 Å². The molecule has 2 fully saturated rings. The molecule has 1 aliphatic heterocycles. The average Bonchev–Trinajstić information content (AvgIpc) is 3.33. The summed E-state index contributed by atoms with van der Waals surface area (Å²) in [7, 11) is 0. The molecule has 2 saturated carbocycles. The molecule has 1 spiro atoms. The van der Waals surface area contributed by atoms with Crippen LogP contribution in [0.1, 0.15) is 58.3 Å². The molecule has 0 saturated heterocycles. The Hall–Kier alpha value is -2.50. The molecular formula is C24H28N4O2. The highest BCUT2D eigenvalue weighted by molar-refractivity contribution is 6.15. The molecule has 1 aromatic heterocycles. The first-order valence-electron chi connectivity index (χ1n) is 11.5. The van der Waals surface area contributed by atoms with E-state index in [9.17, 15) is 4.79 Å². The van der Waals surface area contributed by atoms with Crippen molar-refractivity contribution in [2.75, 3.05) is 5.32 Å². The lowest BCUT2D eigenvalue weighted by molar-refractivity contribution is -0.123. The third-order valence-corrected chi connectivity index (χ3v) is 7.66. The number of carbonyl (C=O) groups is 1. The maximum Gasteiger partial charge on any atom is 0.302 e. The van der Waals surface area contributed by atoms with Crippen molar-refractivity contribution in [3.8, 4) is 0 Å². The minimum atomic E-state index is -0.309. The molecule has 6 heteroatoms. The van der Waals surface area contributed by atoms with Crippen LogP contribution in [0.15, 0.2) is 26.6 Å². The molecule has 0 amide bonds. The second kappa shape index (κ2) is 6.76. The Morgan fingerprint density at radius 2 is 2.03 bits per heavy atom. The second-order valence-electron chi connectivity index (χ2n) is 9.62. The van der Waals surface area contributed by atoms with Gasteiger partial charge < -0.3 is 4.42 Å². The van der Waals surface area contributed by atoms with Crippen LogP contribution in [0.5, 0.6) is 0 Å². The van der Waals surface area contributed by atoms with Gasteiger partial charge in [-0.2, -0.15) is 4.98 Å². The number of rotatable bonds is 1. The molecule has 0 radical (unpaired) electrons. The number of hydrogen-bond acceptors (Lipinski definition) is 6. The van der Waals surface area contributed by atoms with E-state index >= 15 is 0 Å². The van der Waals surface area contributed by atoms with Crippen molar-refractivity contribution in [3.05, 3.63) is 22.9 Å². The Morgan fingerprint density at radius 3 is 2.90 bits per heavy atom. The summed E-state index contributed by atoms with van der Waals surface area (Å²) in [4.78, 5) is 27.2. The number of nitrogens with zero attached hydrogens (tertiary/aromatic N) is 3. The van der Waals surface area contributed by atoms with Gasteiger partial charge in [-0.1, -0.05) is 31.9 Å². The maximum absolute atomic E-state index is 12.7. The lowest BCUT2D eigenvalue weighted by Gasteiger charge is -2.39. The number of Topliss-reactive ketones (excluding diaryl/α,β-unsaturated/α-hetero) is 1. The molecule has 4 unspecified atom stereocenters. The van der Waals surface area contributed by atoms with Gasteiger partial charge in [0.15, 0.2) is 5.42 Å². The third kappa shape index (κ3) is 2.83. The van der Waals surface area contributed by atoms with Gasteiger partial charge in [-0.15, -0.1) is 0 Å². The average molecular weight is 405 g/mol. The van der Waals surface area contributed by atoms with Crippen LogP contribution < -0.4 is 16.1 Å². The van der Waals surface area contributed by atoms with Crippen molar-refractivity contribution in [3.63, 3.8) is 0 Å². The van der Waals surface area contributed by atoms with Crippen LogP contribution in [0.2, 0.25) is 0 Å². The highest BCUT2D eigenvalue weighted by Crippen LogP contribution is 2.45. The summed E-state index contributed by atoms with van der Waals surface area (Å²) in [6.45, 7) is 2.29. The zero-order valence-electron chi connectivity index (χ0n) is 17.4. The summed E-state index contributed by atoms with van der Waals surface area (Å²) in [6.07, 6.45) is 16.7. The Bertz CT molecular complexity index is 1100. The number of hydrogen-bond donors (Lipinski definition) is 1. The van der Waals surface area contributed by atoms with Crippen LogP contribution in [0.4, 0.5) is 6.01 Å². The quantitative estimate of drug-likeness (QED) is 0.730. The summed E-state index contributed by atoms with van der Waals surface area (Å²) in [6, 6.07) is 0.444. The van der Waals surface area contributed by atoms with Crippen molar-refractivity contribution >= 4 is 35.6 Å². The van der Waals surface area contributed by atoms with Gasteiger partial charge in [-0.25, -0.2) is 9.98 Å². The highest BCUT2D eigenvalue weighted by atomic mass is 16.4. The molecule has 0 aromatic carbocycles. The van der Waals surface area contributed by atoms with E-state index in [-0.39, 0.29) is 11.5 Å². The van der Waals surface area contributed by atoms with Gasteiger partial charge in [-0.05, 0) is 56.1 Å². The number of carbonyl (C=O) groups excluding carboxylic acids is 1. The number of oxazole rings is 1. The van der Waals surface area contributed by atoms with E-state index in [1.54, 1.807) is 0 Å². The van der Waals surface area contributed by atoms with E-state index in [0.717, 1.165) is 61.4 Å². The number of guanidine groups is 1. The van der Waals surface area contributed by atoms with Crippen molar-refractivity contribution in [2.45, 2.75) is 63.8 Å². The van der Waals surface area contributed by atoms with Crippen molar-refractivity contribution in [1.29, 1.82) is 0 Å². The van der Waals surface area contributed by atoms with E-state index in [1.165, 1.54) is 0 Å². The fourth-order valence-electron chi connectivity index (χ4n) is 6.17. The normalized spacial score (nSPS) is 33.6. The van der Waals surface area contributed by atoms with E-state index in [2.05, 4.69) is 41.5 Å². The molecule has 6 rings (SSSR count). The van der Waals surface area contributed by atoms with Crippen LogP contribution in [-0.2, 0) is 4.79 Å². The van der Waals surface area contributed by atoms with Crippen LogP contribution in [0.3, 0.4) is 0 Å². The molecule has 4 aliphatic carbocycles. The fourth-order valence-corrected chi connectivity index (χ4v) is 6.17. The summed E-state index contributed by atoms with van der Waals surface area (Å²) in [5, 5.41) is 4.14. The molecule has 2 heterocycles. The lowest BCUT2D eigenvalue weighted by Crippen LogP contribution is -2.49. The standard InChI is InChI=1S/C24H28N4O2/c1-14-6-4-7-15-12-18-20(13-16(14)15)30-23(26-18)27-22-25-17-8-5-9-19(29)21(17)24(28-22)10-2-3-11-24/h4,7,12-16,21H,2-3,5-6,8-11H2,1H3,(H,26,27,28). The van der Waals surface area contributed by atoms with Gasteiger partial charge >= 0.3 is 6.01 Å². The zero-order valence-corrected chi connectivity index (χ0v) is 17.4. The third-order valence-electron chi connectivity index (χ3n) is 7.66. The number of nitrogens with one attached hydrogen (secondary N) is 1. The molecule has 156 valence electrons. The predicted octanol–water partition coefficient (Wildman–Crippen LogP) is 2.98. The summed E-state index contributed by atoms with van der Waals surface area (Å²) in [5.74, 6) is 2.22. The fraction of sp³-hybridized carbons (Fsp3) is 0.583. The molecule has 30 heavy (non-hydrogen) atoms. The number of anilines is 1. The van der Waals surface area contributed by atoms with Crippen LogP contribution in [0.25, 0.3) is 12.2 Å². The molecule has 6 nitrogen and oxygen atoms in total. The first-order valence-corrected chi connectivity index (χ1v) is 11.5. The monoisotopic (exact) mass is 404 g/mol. The number of aromatic nitrogens is 1.